The molecule has 1 saturated carbocycles. The van der Waals surface area contributed by atoms with Crippen LogP contribution in [-0.2, 0) is 0 Å². The molecule has 3 heteroatoms. The zero-order chi connectivity index (χ0) is 13.2. The largest absolute Gasteiger partial charge is 0.393 e. The highest BCUT2D eigenvalue weighted by molar-refractivity contribution is 4.98. The third kappa shape index (κ3) is 2.80. The minimum absolute atomic E-state index is 0.0507. The van der Waals surface area contributed by atoms with Crippen LogP contribution in [0.1, 0.15) is 64.2 Å². The second kappa shape index (κ2) is 5.81. The molecule has 1 N–H and O–H groups in total. The highest BCUT2D eigenvalue weighted by Gasteiger charge is 2.43. The number of piperidine rings is 1. The summed E-state index contributed by atoms with van der Waals surface area (Å²) in [6.45, 7) is 0. The van der Waals surface area contributed by atoms with Crippen molar-refractivity contribution in [1.82, 2.24) is 4.90 Å². The topological polar surface area (TPSA) is 47.3 Å². The number of aliphatic hydroxyl groups is 1. The summed E-state index contributed by atoms with van der Waals surface area (Å²) in [6.07, 6.45) is 11.7. The van der Waals surface area contributed by atoms with Crippen molar-refractivity contribution in [3.63, 3.8) is 0 Å². The molecule has 3 fully saturated rings. The van der Waals surface area contributed by atoms with Crippen molar-refractivity contribution in [2.24, 2.45) is 5.92 Å². The molecule has 0 aromatic heterocycles. The van der Waals surface area contributed by atoms with E-state index >= 15 is 0 Å². The molecule has 2 unspecified atom stereocenters. The van der Waals surface area contributed by atoms with E-state index in [1.165, 1.54) is 38.5 Å². The van der Waals surface area contributed by atoms with Gasteiger partial charge < -0.3 is 5.11 Å². The van der Waals surface area contributed by atoms with E-state index in [1.807, 2.05) is 0 Å². The van der Waals surface area contributed by atoms with Gasteiger partial charge in [-0.3, -0.25) is 4.90 Å². The number of rotatable bonds is 1. The van der Waals surface area contributed by atoms with Crippen LogP contribution in [0.5, 0.6) is 0 Å². The molecule has 2 bridgehead atoms. The second-order valence-electron chi connectivity index (χ2n) is 6.80. The van der Waals surface area contributed by atoms with Crippen molar-refractivity contribution in [1.29, 1.82) is 5.26 Å². The summed E-state index contributed by atoms with van der Waals surface area (Å²) < 4.78 is 0. The lowest BCUT2D eigenvalue weighted by Gasteiger charge is -2.43. The van der Waals surface area contributed by atoms with Crippen LogP contribution in [0.2, 0.25) is 0 Å². The van der Waals surface area contributed by atoms with Crippen molar-refractivity contribution in [2.45, 2.75) is 88.4 Å². The minimum Gasteiger partial charge on any atom is -0.393 e. The monoisotopic (exact) mass is 262 g/mol. The van der Waals surface area contributed by atoms with Gasteiger partial charge in [-0.05, 0) is 51.4 Å². The highest BCUT2D eigenvalue weighted by Crippen LogP contribution is 2.40. The van der Waals surface area contributed by atoms with Crippen LogP contribution in [0.25, 0.3) is 0 Å². The van der Waals surface area contributed by atoms with E-state index in [0.717, 1.165) is 31.7 Å². The van der Waals surface area contributed by atoms with Gasteiger partial charge in [-0.1, -0.05) is 12.8 Å². The molecule has 0 radical (unpaired) electrons. The van der Waals surface area contributed by atoms with Crippen LogP contribution in [0, 0.1) is 17.2 Å². The van der Waals surface area contributed by atoms with Crippen LogP contribution >= 0.6 is 0 Å². The first-order valence-electron chi connectivity index (χ1n) is 8.13. The van der Waals surface area contributed by atoms with E-state index in [0.29, 0.717) is 18.0 Å². The molecular weight excluding hydrogens is 236 g/mol. The first kappa shape index (κ1) is 13.4. The molecule has 2 atom stereocenters. The summed E-state index contributed by atoms with van der Waals surface area (Å²) in [5.41, 5.74) is 0. The van der Waals surface area contributed by atoms with Crippen molar-refractivity contribution in [3.8, 4) is 6.07 Å². The van der Waals surface area contributed by atoms with Crippen molar-refractivity contribution >= 4 is 0 Å². The third-order valence-corrected chi connectivity index (χ3v) is 5.55. The molecule has 2 heterocycles. The van der Waals surface area contributed by atoms with E-state index < -0.39 is 0 Å². The van der Waals surface area contributed by atoms with Gasteiger partial charge in [0.05, 0.1) is 12.2 Å². The maximum atomic E-state index is 9.91. The zero-order valence-corrected chi connectivity index (χ0v) is 11.8. The summed E-state index contributed by atoms with van der Waals surface area (Å²) in [5.74, 6) is 0.306. The van der Waals surface area contributed by atoms with Crippen molar-refractivity contribution in [2.75, 3.05) is 0 Å². The van der Waals surface area contributed by atoms with Gasteiger partial charge in [0.1, 0.15) is 0 Å². The van der Waals surface area contributed by atoms with E-state index in [-0.39, 0.29) is 6.10 Å². The van der Waals surface area contributed by atoms with Gasteiger partial charge in [-0.15, -0.1) is 0 Å². The van der Waals surface area contributed by atoms with Crippen molar-refractivity contribution < 1.29 is 5.11 Å². The number of hydrogen-bond donors (Lipinski definition) is 1. The van der Waals surface area contributed by atoms with Gasteiger partial charge in [0, 0.05) is 24.0 Å². The molecule has 0 aromatic carbocycles. The Hall–Kier alpha value is -0.590. The standard InChI is InChI=1S/C16H26N2O/c17-11-12-3-1-5-13(6-2-4-12)18-14-7-8-15(18)10-16(19)9-14/h12-16,19H,1-10H2. The van der Waals surface area contributed by atoms with Crippen molar-refractivity contribution in [3.05, 3.63) is 0 Å². The Kier molecular flexibility index (Phi) is 4.10. The number of aliphatic hydroxyl groups excluding tert-OH is 1. The Morgan fingerprint density at radius 1 is 0.842 bits per heavy atom. The Labute approximate surface area is 116 Å². The van der Waals surface area contributed by atoms with Gasteiger partial charge in [0.15, 0.2) is 0 Å². The number of hydrogen-bond acceptors (Lipinski definition) is 3. The van der Waals surface area contributed by atoms with Crippen LogP contribution in [-0.4, -0.2) is 34.2 Å². The Morgan fingerprint density at radius 2 is 1.42 bits per heavy atom. The maximum absolute atomic E-state index is 9.91. The number of fused-ring (bicyclic) bond motifs is 2. The Bertz CT molecular complexity index is 327. The van der Waals surface area contributed by atoms with E-state index in [4.69, 9.17) is 5.26 Å². The van der Waals surface area contributed by atoms with Crippen LogP contribution in [0.15, 0.2) is 0 Å². The normalized spacial score (nSPS) is 44.3. The molecule has 3 aliphatic rings. The van der Waals surface area contributed by atoms with Crippen LogP contribution < -0.4 is 0 Å². The lowest BCUT2D eigenvalue weighted by atomic mass is 9.87. The zero-order valence-electron chi connectivity index (χ0n) is 11.8. The quantitative estimate of drug-likeness (QED) is 0.790. The van der Waals surface area contributed by atoms with Gasteiger partial charge in [-0.2, -0.15) is 5.26 Å². The average molecular weight is 262 g/mol. The van der Waals surface area contributed by atoms with Gasteiger partial charge in [0.2, 0.25) is 0 Å². The lowest BCUT2D eigenvalue weighted by molar-refractivity contribution is 0.00310. The predicted octanol–water partition coefficient (Wildman–Crippen LogP) is 2.84. The van der Waals surface area contributed by atoms with E-state index in [1.54, 1.807) is 0 Å². The summed E-state index contributed by atoms with van der Waals surface area (Å²) in [6, 6.07) is 4.47. The van der Waals surface area contributed by atoms with Crippen LogP contribution in [0.4, 0.5) is 0 Å². The highest BCUT2D eigenvalue weighted by atomic mass is 16.3. The molecule has 2 aliphatic heterocycles. The molecule has 2 saturated heterocycles. The van der Waals surface area contributed by atoms with Gasteiger partial charge in [-0.25, -0.2) is 0 Å². The first-order valence-corrected chi connectivity index (χ1v) is 8.13. The maximum Gasteiger partial charge on any atom is 0.0655 e. The fourth-order valence-corrected chi connectivity index (χ4v) is 4.70. The Balaban J connectivity index is 1.62. The first-order chi connectivity index (χ1) is 9.28. The SMILES string of the molecule is N#CC1CCCC(N2C3CCC2CC(O)C3)CCC1. The molecule has 3 nitrogen and oxygen atoms in total. The molecule has 0 amide bonds. The smallest absolute Gasteiger partial charge is 0.0655 e. The Morgan fingerprint density at radius 3 is 1.95 bits per heavy atom. The van der Waals surface area contributed by atoms with Gasteiger partial charge in [0.25, 0.3) is 0 Å². The molecule has 0 aromatic rings. The fourth-order valence-electron chi connectivity index (χ4n) is 4.70. The van der Waals surface area contributed by atoms with Crippen LogP contribution in [0.3, 0.4) is 0 Å². The average Bonchev–Trinajstić information content (AvgIpc) is 2.63. The van der Waals surface area contributed by atoms with Gasteiger partial charge >= 0.3 is 0 Å². The van der Waals surface area contributed by atoms with E-state index in [9.17, 15) is 5.11 Å². The summed E-state index contributed by atoms with van der Waals surface area (Å²) in [7, 11) is 0. The number of nitrogens with zero attached hydrogens (tertiary/aromatic N) is 2. The fraction of sp³-hybridized carbons (Fsp3) is 0.938. The molecule has 0 spiro atoms. The molecule has 106 valence electrons. The summed E-state index contributed by atoms with van der Waals surface area (Å²) in [5, 5.41) is 19.0. The summed E-state index contributed by atoms with van der Waals surface area (Å²) >= 11 is 0. The minimum atomic E-state index is -0.0507. The molecular formula is C16H26N2O. The summed E-state index contributed by atoms with van der Waals surface area (Å²) in [4.78, 5) is 2.76. The lowest BCUT2D eigenvalue weighted by Crippen LogP contribution is -2.50. The molecule has 1 aliphatic carbocycles. The second-order valence-corrected chi connectivity index (χ2v) is 6.80. The van der Waals surface area contributed by atoms with E-state index in [2.05, 4.69) is 11.0 Å². The number of nitriles is 1. The third-order valence-electron chi connectivity index (χ3n) is 5.55. The molecule has 19 heavy (non-hydrogen) atoms. The molecule has 3 rings (SSSR count). The predicted molar refractivity (Wildman–Crippen MR) is 74.5 cm³/mol.